The molecule has 23 heavy (non-hydrogen) atoms. The van der Waals surface area contributed by atoms with E-state index in [1.807, 2.05) is 0 Å². The zero-order valence-corrected chi connectivity index (χ0v) is 12.8. The second kappa shape index (κ2) is 6.64. The summed E-state index contributed by atoms with van der Waals surface area (Å²) in [6, 6.07) is 7.12. The molecule has 120 valence electrons. The fraction of sp³-hybridized carbons (Fsp3) is 0.0667. The Kier molecular flexibility index (Phi) is 5.01. The van der Waals surface area contributed by atoms with Crippen LogP contribution in [0.3, 0.4) is 0 Å². The van der Waals surface area contributed by atoms with Gasteiger partial charge in [0, 0.05) is 20.9 Å². The molecule has 0 aliphatic rings. The molecule has 0 heterocycles. The Hall–Kier alpha value is -1.99. The second-order valence-electron chi connectivity index (χ2n) is 4.38. The zero-order chi connectivity index (χ0) is 17.2. The molecular formula is C15H7ClF3O3S-. The maximum Gasteiger partial charge on any atom is 0.416 e. The molecular weight excluding hydrogens is 353 g/mol. The van der Waals surface area contributed by atoms with Crippen molar-refractivity contribution in [3.8, 4) is 0 Å². The molecule has 0 aliphatic heterocycles. The van der Waals surface area contributed by atoms with E-state index in [-0.39, 0.29) is 32.2 Å². The Bertz CT molecular complexity index is 775. The average molecular weight is 360 g/mol. The van der Waals surface area contributed by atoms with Crippen LogP contribution in [0.1, 0.15) is 26.3 Å². The molecule has 2 aromatic rings. The lowest BCUT2D eigenvalue weighted by Crippen LogP contribution is -2.22. The molecule has 0 aromatic heterocycles. The van der Waals surface area contributed by atoms with Gasteiger partial charge in [-0.25, -0.2) is 0 Å². The van der Waals surface area contributed by atoms with Gasteiger partial charge in [0.1, 0.15) is 0 Å². The molecule has 0 unspecified atom stereocenters. The summed E-state index contributed by atoms with van der Waals surface area (Å²) in [6.07, 6.45) is -4.40. The summed E-state index contributed by atoms with van der Waals surface area (Å²) in [5, 5.41) is 10.8. The largest absolute Gasteiger partial charge is 0.545 e. The standard InChI is InChI=1S/C15H8ClF3O3S/c16-11-6-9(15(17,18)19)5-8(7-20)13(11)23-12-4-2-1-3-10(12)14(21)22/h1-7H,(H,21,22)/p-1. The lowest BCUT2D eigenvalue weighted by molar-refractivity contribution is -0.255. The number of hydrogen-bond acceptors (Lipinski definition) is 4. The van der Waals surface area contributed by atoms with Gasteiger partial charge in [0.15, 0.2) is 6.29 Å². The van der Waals surface area contributed by atoms with Crippen LogP contribution in [0.4, 0.5) is 13.2 Å². The Morgan fingerprint density at radius 3 is 2.43 bits per heavy atom. The highest BCUT2D eigenvalue weighted by atomic mass is 35.5. The van der Waals surface area contributed by atoms with Crippen molar-refractivity contribution in [2.45, 2.75) is 16.0 Å². The summed E-state index contributed by atoms with van der Waals surface area (Å²) < 4.78 is 38.2. The van der Waals surface area contributed by atoms with Gasteiger partial charge in [0.2, 0.25) is 0 Å². The van der Waals surface area contributed by atoms with E-state index < -0.39 is 17.7 Å². The molecule has 0 amide bonds. The van der Waals surface area contributed by atoms with Gasteiger partial charge < -0.3 is 9.90 Å². The smallest absolute Gasteiger partial charge is 0.416 e. The van der Waals surface area contributed by atoms with Gasteiger partial charge in [-0.15, -0.1) is 0 Å². The van der Waals surface area contributed by atoms with Gasteiger partial charge in [-0.3, -0.25) is 4.79 Å². The average Bonchev–Trinajstić information content (AvgIpc) is 2.48. The molecule has 0 fully saturated rings. The fourth-order valence-corrected chi connectivity index (χ4v) is 3.16. The van der Waals surface area contributed by atoms with E-state index in [1.165, 1.54) is 18.2 Å². The second-order valence-corrected chi connectivity index (χ2v) is 5.84. The molecule has 0 aliphatic carbocycles. The van der Waals surface area contributed by atoms with Gasteiger partial charge in [-0.1, -0.05) is 41.6 Å². The van der Waals surface area contributed by atoms with E-state index in [0.717, 1.165) is 11.8 Å². The van der Waals surface area contributed by atoms with Crippen molar-refractivity contribution in [3.63, 3.8) is 0 Å². The number of carbonyl (C=O) groups is 2. The number of hydrogen-bond donors (Lipinski definition) is 0. The van der Waals surface area contributed by atoms with Crippen LogP contribution in [0.15, 0.2) is 46.2 Å². The molecule has 0 saturated heterocycles. The summed E-state index contributed by atoms with van der Waals surface area (Å²) in [4.78, 5) is 22.4. The minimum absolute atomic E-state index is 0.0448. The van der Waals surface area contributed by atoms with E-state index in [1.54, 1.807) is 6.07 Å². The topological polar surface area (TPSA) is 57.2 Å². The minimum Gasteiger partial charge on any atom is -0.545 e. The van der Waals surface area contributed by atoms with Crippen LogP contribution in [0.2, 0.25) is 5.02 Å². The third-order valence-electron chi connectivity index (χ3n) is 2.85. The van der Waals surface area contributed by atoms with Crippen molar-refractivity contribution in [1.29, 1.82) is 0 Å². The predicted molar refractivity (Wildman–Crippen MR) is 76.7 cm³/mol. The highest BCUT2D eigenvalue weighted by molar-refractivity contribution is 7.99. The number of benzene rings is 2. The number of aromatic carboxylic acids is 1. The Balaban J connectivity index is 2.53. The summed E-state index contributed by atoms with van der Waals surface area (Å²) >= 11 is 6.65. The van der Waals surface area contributed by atoms with Gasteiger partial charge in [-0.05, 0) is 18.2 Å². The molecule has 0 bridgehead atoms. The molecule has 0 radical (unpaired) electrons. The fourth-order valence-electron chi connectivity index (χ4n) is 1.81. The maximum absolute atomic E-state index is 12.7. The van der Waals surface area contributed by atoms with Crippen LogP contribution in [-0.4, -0.2) is 12.3 Å². The van der Waals surface area contributed by atoms with Crippen LogP contribution in [-0.2, 0) is 6.18 Å². The zero-order valence-electron chi connectivity index (χ0n) is 11.2. The summed E-state index contributed by atoms with van der Waals surface area (Å²) in [7, 11) is 0. The van der Waals surface area contributed by atoms with E-state index in [0.29, 0.717) is 12.1 Å². The van der Waals surface area contributed by atoms with Gasteiger partial charge in [0.05, 0.1) is 16.6 Å². The van der Waals surface area contributed by atoms with Gasteiger partial charge >= 0.3 is 6.18 Å². The lowest BCUT2D eigenvalue weighted by atomic mass is 10.1. The summed E-state index contributed by atoms with van der Waals surface area (Å²) in [5.74, 6) is -1.44. The predicted octanol–water partition coefficient (Wildman–Crippen LogP) is 3.69. The molecule has 8 heteroatoms. The van der Waals surface area contributed by atoms with Crippen LogP contribution in [0, 0.1) is 0 Å². The Morgan fingerprint density at radius 1 is 1.22 bits per heavy atom. The number of rotatable bonds is 4. The monoisotopic (exact) mass is 359 g/mol. The number of carbonyl (C=O) groups excluding carboxylic acids is 2. The highest BCUT2D eigenvalue weighted by Crippen LogP contribution is 2.40. The van der Waals surface area contributed by atoms with Gasteiger partial charge in [-0.2, -0.15) is 13.2 Å². The van der Waals surface area contributed by atoms with Crippen LogP contribution < -0.4 is 5.11 Å². The lowest BCUT2D eigenvalue weighted by Gasteiger charge is -2.14. The first-order valence-corrected chi connectivity index (χ1v) is 7.27. The Morgan fingerprint density at radius 2 is 1.87 bits per heavy atom. The summed E-state index contributed by atoms with van der Waals surface area (Å²) in [6.45, 7) is 0. The molecule has 2 aromatic carbocycles. The van der Waals surface area contributed by atoms with Crippen LogP contribution in [0.25, 0.3) is 0 Å². The number of carboxylic acids is 1. The molecule has 3 nitrogen and oxygen atoms in total. The van der Waals surface area contributed by atoms with E-state index in [9.17, 15) is 27.9 Å². The van der Waals surface area contributed by atoms with Gasteiger partial charge in [0.25, 0.3) is 0 Å². The first-order valence-electron chi connectivity index (χ1n) is 6.08. The number of carboxylic acid groups (broad SMARTS) is 1. The first-order chi connectivity index (χ1) is 10.7. The van der Waals surface area contributed by atoms with Crippen molar-refractivity contribution in [2.75, 3.05) is 0 Å². The van der Waals surface area contributed by atoms with Crippen LogP contribution >= 0.6 is 23.4 Å². The normalized spacial score (nSPS) is 11.3. The molecule has 0 saturated carbocycles. The Labute approximate surface area is 138 Å². The van der Waals surface area contributed by atoms with E-state index in [2.05, 4.69) is 0 Å². The van der Waals surface area contributed by atoms with Crippen molar-refractivity contribution in [2.24, 2.45) is 0 Å². The van der Waals surface area contributed by atoms with Crippen molar-refractivity contribution in [1.82, 2.24) is 0 Å². The number of aldehydes is 1. The van der Waals surface area contributed by atoms with Crippen LogP contribution in [0.5, 0.6) is 0 Å². The molecule has 0 N–H and O–H groups in total. The third-order valence-corrected chi connectivity index (χ3v) is 4.49. The van der Waals surface area contributed by atoms with E-state index in [4.69, 9.17) is 11.6 Å². The third kappa shape index (κ3) is 3.86. The number of alkyl halides is 3. The maximum atomic E-state index is 12.7. The highest BCUT2D eigenvalue weighted by Gasteiger charge is 2.32. The van der Waals surface area contributed by atoms with Crippen molar-refractivity contribution >= 4 is 35.6 Å². The van der Waals surface area contributed by atoms with E-state index >= 15 is 0 Å². The first kappa shape index (κ1) is 17.4. The quantitative estimate of drug-likeness (QED) is 0.781. The molecule has 2 rings (SSSR count). The molecule has 0 spiro atoms. The number of halogens is 4. The summed E-state index contributed by atoms with van der Waals surface area (Å²) in [5.41, 5.74) is -1.48. The van der Waals surface area contributed by atoms with Crippen molar-refractivity contribution < 1.29 is 27.9 Å². The SMILES string of the molecule is O=Cc1cc(C(F)(F)F)cc(Cl)c1Sc1ccccc1C(=O)[O-]. The van der Waals surface area contributed by atoms with Crippen molar-refractivity contribution in [3.05, 3.63) is 58.1 Å². The molecule has 0 atom stereocenters. The minimum atomic E-state index is -4.65.